The third-order valence-corrected chi connectivity index (χ3v) is 3.37. The van der Waals surface area contributed by atoms with Crippen molar-refractivity contribution in [1.29, 1.82) is 0 Å². The molecule has 0 saturated carbocycles. The second-order valence-electron chi connectivity index (χ2n) is 5.33. The maximum Gasteiger partial charge on any atom is 0.321 e. The largest absolute Gasteiger partial charge is 0.481 e. The van der Waals surface area contributed by atoms with Crippen LogP contribution in [0.25, 0.3) is 0 Å². The molecule has 7 N–H and O–H groups in total. The van der Waals surface area contributed by atoms with Crippen LogP contribution in [0.4, 0.5) is 0 Å². The number of hydrogen-bond donors (Lipinski definition) is 7. The first-order valence-electron chi connectivity index (χ1n) is 7.25. The highest BCUT2D eigenvalue weighted by atomic mass is 16.5. The number of carbonyl (C=O) groups is 2. The van der Waals surface area contributed by atoms with Gasteiger partial charge in [-0.2, -0.15) is 0 Å². The van der Waals surface area contributed by atoms with Crippen LogP contribution in [0.2, 0.25) is 0 Å². The van der Waals surface area contributed by atoms with E-state index in [1.165, 1.54) is 0 Å². The molecule has 10 nitrogen and oxygen atoms in total. The van der Waals surface area contributed by atoms with Crippen LogP contribution in [0.1, 0.15) is 25.7 Å². The highest BCUT2D eigenvalue weighted by Crippen LogP contribution is 2.09. The van der Waals surface area contributed by atoms with Crippen molar-refractivity contribution < 1.29 is 40.2 Å². The molecule has 0 bridgehead atoms. The fraction of sp³-hybridized carbons (Fsp3) is 0.846. The molecule has 0 aromatic carbocycles. The number of nitrogens with one attached hydrogen (secondary N) is 1. The summed E-state index contributed by atoms with van der Waals surface area (Å²) in [6, 6.07) is -1.98. The van der Waals surface area contributed by atoms with Crippen molar-refractivity contribution in [2.45, 2.75) is 50.3 Å². The van der Waals surface area contributed by atoms with Crippen molar-refractivity contribution in [3.05, 3.63) is 0 Å². The summed E-state index contributed by atoms with van der Waals surface area (Å²) in [4.78, 5) is 22.9. The fourth-order valence-electron chi connectivity index (χ4n) is 2.10. The first-order valence-corrected chi connectivity index (χ1v) is 7.25. The highest BCUT2D eigenvalue weighted by Gasteiger charge is 2.24. The molecule has 0 aliphatic rings. The van der Waals surface area contributed by atoms with Crippen molar-refractivity contribution in [2.24, 2.45) is 0 Å². The van der Waals surface area contributed by atoms with E-state index in [9.17, 15) is 19.8 Å². The molecule has 0 aromatic heterocycles. The predicted octanol–water partition coefficient (Wildman–Crippen LogP) is -2.40. The summed E-state index contributed by atoms with van der Waals surface area (Å²) < 4.78 is 0. The average molecular weight is 338 g/mol. The summed E-state index contributed by atoms with van der Waals surface area (Å²) in [6.07, 6.45) is -2.98. The number of aliphatic hydroxyl groups is 4. The number of nitrogens with zero attached hydrogens (tertiary/aromatic N) is 1. The van der Waals surface area contributed by atoms with E-state index < -0.39 is 43.0 Å². The van der Waals surface area contributed by atoms with E-state index in [1.54, 1.807) is 11.9 Å². The van der Waals surface area contributed by atoms with Gasteiger partial charge in [0.15, 0.2) is 12.6 Å². The van der Waals surface area contributed by atoms with E-state index in [2.05, 4.69) is 5.32 Å². The van der Waals surface area contributed by atoms with Crippen LogP contribution in [0.3, 0.4) is 0 Å². The zero-order valence-electron chi connectivity index (χ0n) is 13.0. The molecule has 10 heteroatoms. The number of aliphatic hydroxyl groups excluding tert-OH is 2. The van der Waals surface area contributed by atoms with E-state index in [0.717, 1.165) is 0 Å². The van der Waals surface area contributed by atoms with Gasteiger partial charge in [0.1, 0.15) is 6.04 Å². The van der Waals surface area contributed by atoms with E-state index in [4.69, 9.17) is 20.4 Å². The molecule has 0 fully saturated rings. The van der Waals surface area contributed by atoms with Gasteiger partial charge in [0.2, 0.25) is 0 Å². The normalized spacial score (nSPS) is 14.4. The zero-order chi connectivity index (χ0) is 18.0. The summed E-state index contributed by atoms with van der Waals surface area (Å²) in [5, 5.41) is 56.3. The number of rotatable bonds is 13. The van der Waals surface area contributed by atoms with Gasteiger partial charge in [-0.15, -0.1) is 0 Å². The van der Waals surface area contributed by atoms with Gasteiger partial charge in [0.25, 0.3) is 0 Å². The lowest BCUT2D eigenvalue weighted by atomic mass is 10.1. The van der Waals surface area contributed by atoms with Crippen molar-refractivity contribution in [3.63, 3.8) is 0 Å². The van der Waals surface area contributed by atoms with Crippen molar-refractivity contribution in [1.82, 2.24) is 10.2 Å². The van der Waals surface area contributed by atoms with Gasteiger partial charge in [-0.05, 0) is 33.0 Å². The Kier molecular flexibility index (Phi) is 10.6. The molecule has 0 heterocycles. The summed E-state index contributed by atoms with van der Waals surface area (Å²) in [5.74, 6) is -2.43. The number of unbranched alkanes of at least 4 members (excludes halogenated alkanes) is 1. The number of carboxylic acids is 2. The molecule has 0 rings (SSSR count). The molecule has 0 aliphatic carbocycles. The Balaban J connectivity index is 4.09. The molecule has 2 unspecified atom stereocenters. The van der Waals surface area contributed by atoms with E-state index in [0.29, 0.717) is 25.9 Å². The van der Waals surface area contributed by atoms with Crippen LogP contribution in [0.15, 0.2) is 0 Å². The number of likely N-dealkylation sites (N-methyl/N-ethyl adjacent to an activating group) is 1. The van der Waals surface area contributed by atoms with Crippen LogP contribution >= 0.6 is 0 Å². The van der Waals surface area contributed by atoms with Gasteiger partial charge < -0.3 is 36.0 Å². The Hall–Kier alpha value is -1.30. The molecular formula is C13H26N2O8. The molecule has 2 atom stereocenters. The molecule has 0 saturated heterocycles. The van der Waals surface area contributed by atoms with Crippen molar-refractivity contribution in [3.8, 4) is 0 Å². The Bertz CT molecular complexity index is 364. The van der Waals surface area contributed by atoms with Crippen LogP contribution in [-0.4, -0.2) is 92.3 Å². The van der Waals surface area contributed by atoms with Crippen molar-refractivity contribution in [2.75, 3.05) is 20.1 Å². The standard InChI is InChI=1S/C13H26N2O8/c1-15(9(13(22)23)7-11(18)19)5-3-2-4-14-8(12(20)21)6-10(16)17/h8-9,11,13-14,18-19,22-23H,2-7H2,1H3,(H,16,17)(H,20,21). The molecule has 0 aliphatic heterocycles. The lowest BCUT2D eigenvalue weighted by Crippen LogP contribution is -2.44. The third kappa shape index (κ3) is 10.2. The topological polar surface area (TPSA) is 171 Å². The lowest BCUT2D eigenvalue weighted by Gasteiger charge is -2.29. The average Bonchev–Trinajstić information content (AvgIpc) is 2.41. The second kappa shape index (κ2) is 11.3. The predicted molar refractivity (Wildman–Crippen MR) is 78.4 cm³/mol. The summed E-state index contributed by atoms with van der Waals surface area (Å²) in [6.45, 7) is 0.723. The molecule has 0 radical (unpaired) electrons. The molecule has 23 heavy (non-hydrogen) atoms. The summed E-state index contributed by atoms with van der Waals surface area (Å²) in [5.41, 5.74) is 0. The van der Waals surface area contributed by atoms with Gasteiger partial charge in [-0.1, -0.05) is 0 Å². The SMILES string of the molecule is CN(CCCCNC(CC(=O)O)C(=O)O)C(CC(O)O)C(O)O. The lowest BCUT2D eigenvalue weighted by molar-refractivity contribution is -0.145. The third-order valence-electron chi connectivity index (χ3n) is 3.37. The Labute approximate surface area is 134 Å². The molecule has 0 aromatic rings. The molecule has 136 valence electrons. The Morgan fingerprint density at radius 3 is 2.13 bits per heavy atom. The smallest absolute Gasteiger partial charge is 0.321 e. The maximum absolute atomic E-state index is 10.8. The van der Waals surface area contributed by atoms with Gasteiger partial charge in [-0.25, -0.2) is 0 Å². The number of carboxylic acid groups (broad SMARTS) is 2. The highest BCUT2D eigenvalue weighted by molar-refractivity contribution is 5.80. The maximum atomic E-state index is 10.8. The van der Waals surface area contributed by atoms with Gasteiger partial charge in [0.05, 0.1) is 12.5 Å². The van der Waals surface area contributed by atoms with Crippen LogP contribution < -0.4 is 5.32 Å². The van der Waals surface area contributed by atoms with Crippen LogP contribution in [0.5, 0.6) is 0 Å². The monoisotopic (exact) mass is 338 g/mol. The van der Waals surface area contributed by atoms with E-state index in [-0.39, 0.29) is 6.42 Å². The molecule has 0 spiro atoms. The van der Waals surface area contributed by atoms with Crippen molar-refractivity contribution >= 4 is 11.9 Å². The summed E-state index contributed by atoms with van der Waals surface area (Å²) >= 11 is 0. The number of aliphatic carboxylic acids is 2. The zero-order valence-corrected chi connectivity index (χ0v) is 13.0. The van der Waals surface area contributed by atoms with E-state index >= 15 is 0 Å². The van der Waals surface area contributed by atoms with Crippen LogP contribution in [0, 0.1) is 0 Å². The Morgan fingerprint density at radius 2 is 1.70 bits per heavy atom. The van der Waals surface area contributed by atoms with Gasteiger partial charge in [-0.3, -0.25) is 14.5 Å². The Morgan fingerprint density at radius 1 is 1.09 bits per heavy atom. The van der Waals surface area contributed by atoms with E-state index in [1.807, 2.05) is 0 Å². The number of hydrogen-bond acceptors (Lipinski definition) is 8. The second-order valence-corrected chi connectivity index (χ2v) is 5.33. The minimum absolute atomic E-state index is 0.216. The quantitative estimate of drug-likeness (QED) is 0.142. The van der Waals surface area contributed by atoms with Gasteiger partial charge >= 0.3 is 11.9 Å². The molecular weight excluding hydrogens is 312 g/mol. The first-order chi connectivity index (χ1) is 10.6. The minimum Gasteiger partial charge on any atom is -0.481 e. The van der Waals surface area contributed by atoms with Gasteiger partial charge in [0, 0.05) is 6.42 Å². The fourth-order valence-corrected chi connectivity index (χ4v) is 2.10. The molecule has 0 amide bonds. The minimum atomic E-state index is -1.72. The van der Waals surface area contributed by atoms with Crippen LogP contribution in [-0.2, 0) is 9.59 Å². The summed E-state index contributed by atoms with van der Waals surface area (Å²) in [7, 11) is 1.60. The first kappa shape index (κ1) is 21.7.